The summed E-state index contributed by atoms with van der Waals surface area (Å²) in [6.07, 6.45) is 0. The standard InChI is InChI=1S/C33H23N3O/c1-34-20-21-14-15-22(18-27(21)33(34)37)36-31-13-7-4-10-26(31)28-19-23(16-17-32(28)36)35-29-11-5-2-8-24(29)25-9-3-6-12-30(25)35/h2-19H,20H2,1H3. The summed E-state index contributed by atoms with van der Waals surface area (Å²) in [6.45, 7) is 0.670. The van der Waals surface area contributed by atoms with E-state index in [1.54, 1.807) is 4.90 Å². The third-order valence-electron chi connectivity index (χ3n) is 7.83. The predicted molar refractivity (Wildman–Crippen MR) is 151 cm³/mol. The van der Waals surface area contributed by atoms with Gasteiger partial charge in [-0.05, 0) is 54.1 Å². The number of hydrogen-bond acceptors (Lipinski definition) is 1. The van der Waals surface area contributed by atoms with Gasteiger partial charge >= 0.3 is 0 Å². The summed E-state index contributed by atoms with van der Waals surface area (Å²) < 4.78 is 4.65. The van der Waals surface area contributed by atoms with Crippen LogP contribution in [-0.2, 0) is 6.54 Å². The molecule has 0 spiro atoms. The Morgan fingerprint density at radius 3 is 1.65 bits per heavy atom. The van der Waals surface area contributed by atoms with E-state index in [-0.39, 0.29) is 5.91 Å². The summed E-state index contributed by atoms with van der Waals surface area (Å²) in [7, 11) is 1.86. The number of rotatable bonds is 2. The number of hydrogen-bond donors (Lipinski definition) is 0. The van der Waals surface area contributed by atoms with Gasteiger partial charge in [0.25, 0.3) is 5.91 Å². The number of amides is 1. The van der Waals surface area contributed by atoms with Crippen LogP contribution in [0, 0.1) is 0 Å². The summed E-state index contributed by atoms with van der Waals surface area (Å²) in [5, 5.41) is 4.91. The molecule has 1 amide bonds. The number of benzene rings is 5. The van der Waals surface area contributed by atoms with Gasteiger partial charge in [-0.15, -0.1) is 0 Å². The van der Waals surface area contributed by atoms with Crippen molar-refractivity contribution in [1.29, 1.82) is 0 Å². The van der Waals surface area contributed by atoms with Crippen LogP contribution in [0.3, 0.4) is 0 Å². The monoisotopic (exact) mass is 477 g/mol. The van der Waals surface area contributed by atoms with Crippen molar-refractivity contribution in [2.24, 2.45) is 0 Å². The summed E-state index contributed by atoms with van der Waals surface area (Å²) in [4.78, 5) is 14.5. The SMILES string of the molecule is CN1Cc2ccc(-n3c4ccccc4c4cc(-n5c6ccccc6c6ccccc65)ccc43)cc2C1=O. The summed E-state index contributed by atoms with van der Waals surface area (Å²) in [6, 6.07) is 38.8. The summed E-state index contributed by atoms with van der Waals surface area (Å²) in [5.41, 5.74) is 8.71. The lowest BCUT2D eigenvalue weighted by Crippen LogP contribution is -2.17. The molecule has 8 rings (SSSR count). The lowest BCUT2D eigenvalue weighted by molar-refractivity contribution is 0.0816. The molecule has 4 heteroatoms. The molecule has 1 aliphatic heterocycles. The maximum Gasteiger partial charge on any atom is 0.254 e. The molecule has 0 radical (unpaired) electrons. The van der Waals surface area contributed by atoms with Crippen molar-refractivity contribution in [3.8, 4) is 11.4 Å². The van der Waals surface area contributed by atoms with Gasteiger partial charge in [0.15, 0.2) is 0 Å². The molecule has 0 saturated carbocycles. The third-order valence-corrected chi connectivity index (χ3v) is 7.83. The summed E-state index contributed by atoms with van der Waals surface area (Å²) >= 11 is 0. The van der Waals surface area contributed by atoms with E-state index < -0.39 is 0 Å². The van der Waals surface area contributed by atoms with Gasteiger partial charge in [0, 0.05) is 52.1 Å². The Kier molecular flexibility index (Phi) is 4.04. The second kappa shape index (κ2) is 7.34. The zero-order chi connectivity index (χ0) is 24.7. The minimum atomic E-state index is 0.0891. The van der Waals surface area contributed by atoms with Crippen LogP contribution in [0.25, 0.3) is 55.0 Å². The Hall–Kier alpha value is -4.83. The van der Waals surface area contributed by atoms with E-state index in [4.69, 9.17) is 0 Å². The van der Waals surface area contributed by atoms with Crippen LogP contribution in [0.5, 0.6) is 0 Å². The zero-order valence-corrected chi connectivity index (χ0v) is 20.3. The molecule has 37 heavy (non-hydrogen) atoms. The smallest absolute Gasteiger partial charge is 0.254 e. The molecule has 3 heterocycles. The second-order valence-corrected chi connectivity index (χ2v) is 9.93. The highest BCUT2D eigenvalue weighted by Crippen LogP contribution is 2.37. The van der Waals surface area contributed by atoms with Crippen LogP contribution < -0.4 is 0 Å². The van der Waals surface area contributed by atoms with Crippen molar-refractivity contribution in [2.75, 3.05) is 7.05 Å². The Morgan fingerprint density at radius 2 is 1.03 bits per heavy atom. The average molecular weight is 478 g/mol. The molecule has 0 unspecified atom stereocenters. The first kappa shape index (κ1) is 20.4. The molecular weight excluding hydrogens is 454 g/mol. The molecule has 0 N–H and O–H groups in total. The minimum Gasteiger partial charge on any atom is -0.337 e. The van der Waals surface area contributed by atoms with Crippen molar-refractivity contribution >= 4 is 49.5 Å². The first-order chi connectivity index (χ1) is 18.2. The molecule has 1 aliphatic rings. The van der Waals surface area contributed by atoms with E-state index >= 15 is 0 Å². The molecule has 0 aliphatic carbocycles. The Bertz CT molecular complexity index is 2010. The van der Waals surface area contributed by atoms with E-state index in [1.807, 2.05) is 13.1 Å². The van der Waals surface area contributed by atoms with Crippen molar-refractivity contribution in [1.82, 2.24) is 14.0 Å². The number of fused-ring (bicyclic) bond motifs is 7. The molecule has 0 bridgehead atoms. The maximum absolute atomic E-state index is 12.7. The topological polar surface area (TPSA) is 30.2 Å². The van der Waals surface area contributed by atoms with Gasteiger partial charge in [0.2, 0.25) is 0 Å². The van der Waals surface area contributed by atoms with Crippen LogP contribution in [0.15, 0.2) is 109 Å². The van der Waals surface area contributed by atoms with E-state index in [9.17, 15) is 4.79 Å². The fraction of sp³-hybridized carbons (Fsp3) is 0.0606. The van der Waals surface area contributed by atoms with Gasteiger partial charge in [0.05, 0.1) is 22.1 Å². The van der Waals surface area contributed by atoms with Gasteiger partial charge in [-0.1, -0.05) is 60.7 Å². The molecular formula is C33H23N3O. The van der Waals surface area contributed by atoms with Gasteiger partial charge in [-0.3, -0.25) is 4.79 Å². The number of para-hydroxylation sites is 3. The molecule has 5 aromatic carbocycles. The van der Waals surface area contributed by atoms with Crippen molar-refractivity contribution in [2.45, 2.75) is 6.54 Å². The third kappa shape index (κ3) is 2.75. The van der Waals surface area contributed by atoms with Gasteiger partial charge in [-0.25, -0.2) is 0 Å². The molecule has 0 atom stereocenters. The van der Waals surface area contributed by atoms with Gasteiger partial charge in [-0.2, -0.15) is 0 Å². The normalized spacial score (nSPS) is 13.4. The first-order valence-electron chi connectivity index (χ1n) is 12.6. The Morgan fingerprint density at radius 1 is 0.541 bits per heavy atom. The van der Waals surface area contributed by atoms with Crippen molar-refractivity contribution in [3.05, 3.63) is 120 Å². The van der Waals surface area contributed by atoms with Crippen LogP contribution in [0.2, 0.25) is 0 Å². The van der Waals surface area contributed by atoms with Crippen LogP contribution in [-0.4, -0.2) is 27.0 Å². The molecule has 176 valence electrons. The fourth-order valence-electron chi connectivity index (χ4n) is 6.15. The average Bonchev–Trinajstić information content (AvgIpc) is 3.55. The highest BCUT2D eigenvalue weighted by Gasteiger charge is 2.25. The first-order valence-corrected chi connectivity index (χ1v) is 12.6. The van der Waals surface area contributed by atoms with Gasteiger partial charge in [0.1, 0.15) is 0 Å². The number of aromatic nitrogens is 2. The molecule has 7 aromatic rings. The number of carbonyl (C=O) groups is 1. The lowest BCUT2D eigenvalue weighted by Gasteiger charge is -2.11. The van der Waals surface area contributed by atoms with Crippen molar-refractivity contribution < 1.29 is 4.79 Å². The fourth-order valence-corrected chi connectivity index (χ4v) is 6.15. The van der Waals surface area contributed by atoms with Crippen LogP contribution >= 0.6 is 0 Å². The highest BCUT2D eigenvalue weighted by atomic mass is 16.2. The molecule has 2 aromatic heterocycles. The lowest BCUT2D eigenvalue weighted by atomic mass is 10.1. The van der Waals surface area contributed by atoms with Crippen LogP contribution in [0.4, 0.5) is 0 Å². The van der Waals surface area contributed by atoms with E-state index in [1.165, 1.54) is 32.6 Å². The minimum absolute atomic E-state index is 0.0891. The molecule has 0 fully saturated rings. The number of nitrogens with zero attached hydrogens (tertiary/aromatic N) is 3. The number of carbonyl (C=O) groups excluding carboxylic acids is 1. The van der Waals surface area contributed by atoms with Crippen molar-refractivity contribution in [3.63, 3.8) is 0 Å². The summed E-state index contributed by atoms with van der Waals surface area (Å²) in [5.74, 6) is 0.0891. The highest BCUT2D eigenvalue weighted by molar-refractivity contribution is 6.12. The van der Waals surface area contributed by atoms with Crippen LogP contribution in [0.1, 0.15) is 15.9 Å². The second-order valence-electron chi connectivity index (χ2n) is 9.93. The van der Waals surface area contributed by atoms with Gasteiger partial charge < -0.3 is 14.0 Å². The van der Waals surface area contributed by atoms with E-state index in [0.717, 1.165) is 33.5 Å². The Balaban J connectivity index is 1.41. The molecule has 0 saturated heterocycles. The maximum atomic E-state index is 12.7. The quantitative estimate of drug-likeness (QED) is 0.254. The predicted octanol–water partition coefficient (Wildman–Crippen LogP) is 7.47. The van der Waals surface area contributed by atoms with E-state index in [0.29, 0.717) is 6.54 Å². The Labute approximate surface area is 213 Å². The molecule has 4 nitrogen and oxygen atoms in total. The zero-order valence-electron chi connectivity index (χ0n) is 20.3. The largest absolute Gasteiger partial charge is 0.337 e. The van der Waals surface area contributed by atoms with E-state index in [2.05, 4.69) is 112 Å².